The van der Waals surface area contributed by atoms with Gasteiger partial charge in [-0.25, -0.2) is 18.4 Å². The maximum absolute atomic E-state index is 12.1. The second-order valence-corrected chi connectivity index (χ2v) is 7.96. The summed E-state index contributed by atoms with van der Waals surface area (Å²) in [6, 6.07) is 7.13. The van der Waals surface area contributed by atoms with Crippen LogP contribution in [-0.4, -0.2) is 41.5 Å². The molecular formula is C18H20N4O3S. The number of nitrogens with one attached hydrogen (secondary N) is 1. The predicted octanol–water partition coefficient (Wildman–Crippen LogP) is 2.33. The number of hydrogen-bond donors (Lipinski definition) is 1. The van der Waals surface area contributed by atoms with Crippen molar-refractivity contribution in [2.45, 2.75) is 24.8 Å². The molecule has 2 heterocycles. The molecule has 2 aromatic heterocycles. The van der Waals surface area contributed by atoms with E-state index in [0.717, 1.165) is 30.4 Å². The molecule has 0 unspecified atom stereocenters. The maximum Gasteiger partial charge on any atom is 0.251 e. The summed E-state index contributed by atoms with van der Waals surface area (Å²) in [4.78, 5) is 20.2. The van der Waals surface area contributed by atoms with Crippen LogP contribution in [0.3, 0.4) is 0 Å². The molecule has 1 aromatic carbocycles. The number of hydrogen-bond acceptors (Lipinski definition) is 5. The first-order valence-electron chi connectivity index (χ1n) is 8.32. The lowest BCUT2D eigenvalue weighted by molar-refractivity contribution is 0.0953. The Bertz CT molecular complexity index is 1040. The minimum absolute atomic E-state index is 0.0572. The monoisotopic (exact) mass is 372 g/mol. The zero-order valence-corrected chi connectivity index (χ0v) is 15.5. The molecule has 0 fully saturated rings. The molecule has 1 amide bonds. The molecule has 136 valence electrons. The minimum Gasteiger partial charge on any atom is -0.352 e. The van der Waals surface area contributed by atoms with E-state index in [1.54, 1.807) is 28.9 Å². The van der Waals surface area contributed by atoms with Crippen LogP contribution >= 0.6 is 0 Å². The largest absolute Gasteiger partial charge is 0.352 e. The molecule has 0 spiro atoms. The predicted molar refractivity (Wildman–Crippen MR) is 98.8 cm³/mol. The van der Waals surface area contributed by atoms with Gasteiger partial charge in [-0.05, 0) is 18.6 Å². The molecule has 26 heavy (non-hydrogen) atoms. The van der Waals surface area contributed by atoms with Crippen LogP contribution in [0.4, 0.5) is 0 Å². The van der Waals surface area contributed by atoms with Crippen LogP contribution in [0.15, 0.2) is 47.9 Å². The first kappa shape index (κ1) is 18.1. The van der Waals surface area contributed by atoms with Crippen molar-refractivity contribution in [1.82, 2.24) is 19.7 Å². The number of carbonyl (C=O) groups is 1. The second kappa shape index (κ2) is 7.25. The highest BCUT2D eigenvalue weighted by Gasteiger charge is 2.17. The summed E-state index contributed by atoms with van der Waals surface area (Å²) in [6.45, 7) is 2.73. The average Bonchev–Trinajstić information content (AvgIpc) is 3.05. The third-order valence-electron chi connectivity index (χ3n) is 4.01. The number of nitrogens with zero attached hydrogens (tertiary/aromatic N) is 3. The second-order valence-electron chi connectivity index (χ2n) is 6.03. The van der Waals surface area contributed by atoms with Crippen LogP contribution in [0.1, 0.15) is 30.1 Å². The number of fused-ring (bicyclic) bond motifs is 1. The van der Waals surface area contributed by atoms with Crippen molar-refractivity contribution in [3.8, 4) is 11.3 Å². The van der Waals surface area contributed by atoms with E-state index in [-0.39, 0.29) is 16.6 Å². The molecule has 0 bridgehead atoms. The smallest absolute Gasteiger partial charge is 0.251 e. The number of rotatable bonds is 6. The van der Waals surface area contributed by atoms with Crippen LogP contribution in [-0.2, 0) is 9.84 Å². The summed E-state index contributed by atoms with van der Waals surface area (Å²) in [5.41, 5.74) is 2.42. The van der Waals surface area contributed by atoms with Gasteiger partial charge in [-0.1, -0.05) is 25.5 Å². The van der Waals surface area contributed by atoms with E-state index in [0.29, 0.717) is 12.1 Å². The molecule has 0 aliphatic heterocycles. The summed E-state index contributed by atoms with van der Waals surface area (Å²) in [7, 11) is -3.47. The summed E-state index contributed by atoms with van der Waals surface area (Å²) in [5, 5.41) is 2.82. The fourth-order valence-corrected chi connectivity index (χ4v) is 3.38. The molecule has 0 saturated carbocycles. The van der Waals surface area contributed by atoms with Crippen molar-refractivity contribution in [2.75, 3.05) is 12.8 Å². The molecule has 0 radical (unpaired) electrons. The zero-order valence-electron chi connectivity index (χ0n) is 14.6. The quantitative estimate of drug-likeness (QED) is 0.670. The summed E-state index contributed by atoms with van der Waals surface area (Å²) < 4.78 is 25.4. The topological polar surface area (TPSA) is 93.4 Å². The first-order valence-corrected chi connectivity index (χ1v) is 10.2. The fraction of sp³-hybridized carbons (Fsp3) is 0.278. The van der Waals surface area contributed by atoms with Crippen LogP contribution < -0.4 is 5.32 Å². The van der Waals surface area contributed by atoms with Crippen molar-refractivity contribution in [3.63, 3.8) is 0 Å². The lowest BCUT2D eigenvalue weighted by Gasteiger charge is -2.06. The minimum atomic E-state index is -3.47. The molecule has 7 nitrogen and oxygen atoms in total. The fourth-order valence-electron chi connectivity index (χ4n) is 2.64. The standard InChI is InChI=1S/C18H20N4O3S/c1-3-4-9-19-17(23)14-7-5-13(6-8-14)15-12-21-16-18(26(2,24)25)20-10-11-22(15)16/h5-8,10-12H,3-4,9H2,1-2H3,(H,19,23). The van der Waals surface area contributed by atoms with E-state index in [1.165, 1.54) is 6.20 Å². The number of unbranched alkanes of at least 4 members (excludes halogenated alkanes) is 1. The van der Waals surface area contributed by atoms with Gasteiger partial charge < -0.3 is 5.32 Å². The van der Waals surface area contributed by atoms with Crippen molar-refractivity contribution >= 4 is 21.4 Å². The van der Waals surface area contributed by atoms with Gasteiger partial charge in [0.1, 0.15) is 0 Å². The Morgan fingerprint density at radius 1 is 1.19 bits per heavy atom. The van der Waals surface area contributed by atoms with Crippen LogP contribution in [0.25, 0.3) is 16.9 Å². The Morgan fingerprint density at radius 2 is 1.92 bits per heavy atom. The van der Waals surface area contributed by atoms with Gasteiger partial charge in [0.15, 0.2) is 20.5 Å². The highest BCUT2D eigenvalue weighted by Crippen LogP contribution is 2.23. The number of carbonyl (C=O) groups excluding carboxylic acids is 1. The summed E-state index contributed by atoms with van der Waals surface area (Å²) in [5.74, 6) is -0.105. The van der Waals surface area contributed by atoms with Gasteiger partial charge in [0.05, 0.1) is 11.9 Å². The molecule has 0 aliphatic rings. The van der Waals surface area contributed by atoms with Gasteiger partial charge in [-0.15, -0.1) is 0 Å². The maximum atomic E-state index is 12.1. The molecule has 1 N–H and O–H groups in total. The first-order chi connectivity index (χ1) is 12.4. The number of imidazole rings is 1. The third kappa shape index (κ3) is 3.60. The van der Waals surface area contributed by atoms with Crippen molar-refractivity contribution in [1.29, 1.82) is 0 Å². The third-order valence-corrected chi connectivity index (χ3v) is 5.00. The van der Waals surface area contributed by atoms with Gasteiger partial charge in [0, 0.05) is 36.3 Å². The molecule has 0 saturated heterocycles. The van der Waals surface area contributed by atoms with Crippen LogP contribution in [0.5, 0.6) is 0 Å². The van der Waals surface area contributed by atoms with Gasteiger partial charge in [-0.3, -0.25) is 9.20 Å². The highest BCUT2D eigenvalue weighted by atomic mass is 32.2. The summed E-state index contributed by atoms with van der Waals surface area (Å²) >= 11 is 0. The Labute approximate surface area is 152 Å². The van der Waals surface area contributed by atoms with Crippen LogP contribution in [0, 0.1) is 0 Å². The van der Waals surface area contributed by atoms with E-state index in [1.807, 2.05) is 12.1 Å². The van der Waals surface area contributed by atoms with Crippen molar-refractivity contribution in [2.24, 2.45) is 0 Å². The molecule has 0 aliphatic carbocycles. The van der Waals surface area contributed by atoms with E-state index >= 15 is 0 Å². The van der Waals surface area contributed by atoms with Crippen molar-refractivity contribution in [3.05, 3.63) is 48.4 Å². The molecular weight excluding hydrogens is 352 g/mol. The van der Waals surface area contributed by atoms with Crippen molar-refractivity contribution < 1.29 is 13.2 Å². The Kier molecular flexibility index (Phi) is 5.03. The normalized spacial score (nSPS) is 11.6. The number of benzene rings is 1. The van der Waals surface area contributed by atoms with E-state index in [2.05, 4.69) is 22.2 Å². The van der Waals surface area contributed by atoms with E-state index in [9.17, 15) is 13.2 Å². The van der Waals surface area contributed by atoms with Gasteiger partial charge in [0.25, 0.3) is 5.91 Å². The Hall–Kier alpha value is -2.74. The highest BCUT2D eigenvalue weighted by molar-refractivity contribution is 7.90. The van der Waals surface area contributed by atoms with Gasteiger partial charge in [0.2, 0.25) is 0 Å². The van der Waals surface area contributed by atoms with Crippen LogP contribution in [0.2, 0.25) is 0 Å². The average molecular weight is 372 g/mol. The molecule has 3 aromatic rings. The number of aromatic nitrogens is 3. The zero-order chi connectivity index (χ0) is 18.7. The summed E-state index contributed by atoms with van der Waals surface area (Å²) in [6.07, 6.45) is 7.78. The number of sulfone groups is 1. The molecule has 0 atom stereocenters. The van der Waals surface area contributed by atoms with Gasteiger partial charge in [-0.2, -0.15) is 0 Å². The van der Waals surface area contributed by atoms with Gasteiger partial charge >= 0.3 is 0 Å². The lowest BCUT2D eigenvalue weighted by atomic mass is 10.1. The van der Waals surface area contributed by atoms with E-state index in [4.69, 9.17) is 0 Å². The lowest BCUT2D eigenvalue weighted by Crippen LogP contribution is -2.24. The Morgan fingerprint density at radius 3 is 2.58 bits per heavy atom. The molecule has 3 rings (SSSR count). The number of amides is 1. The van der Waals surface area contributed by atoms with E-state index < -0.39 is 9.84 Å². The SMILES string of the molecule is CCCCNC(=O)c1ccc(-c2cnc3c(S(C)(=O)=O)nccn23)cc1. The Balaban J connectivity index is 1.92. The molecule has 8 heteroatoms.